The van der Waals surface area contributed by atoms with Crippen LogP contribution in [-0.2, 0) is 14.3 Å². The van der Waals surface area contributed by atoms with Crippen LogP contribution in [0.5, 0.6) is 0 Å². The van der Waals surface area contributed by atoms with Crippen LogP contribution in [0.2, 0.25) is 0 Å². The Kier molecular flexibility index (Phi) is 6.49. The Hall–Kier alpha value is -1.26. The van der Waals surface area contributed by atoms with Crippen LogP contribution in [-0.4, -0.2) is 30.8 Å². The molecule has 0 radical (unpaired) electrons. The summed E-state index contributed by atoms with van der Waals surface area (Å²) >= 11 is 0. The van der Waals surface area contributed by atoms with Gasteiger partial charge in [0.2, 0.25) is 0 Å². The van der Waals surface area contributed by atoms with Gasteiger partial charge in [-0.1, -0.05) is 20.8 Å². The molecule has 21 heavy (non-hydrogen) atoms. The maximum absolute atomic E-state index is 12.0. The maximum atomic E-state index is 12.0. The third-order valence-electron chi connectivity index (χ3n) is 4.20. The highest BCUT2D eigenvalue weighted by atomic mass is 16.6. The topological polar surface area (TPSA) is 64.6 Å². The first-order valence-corrected chi connectivity index (χ1v) is 7.93. The molecule has 0 atom stereocenters. The zero-order valence-electron chi connectivity index (χ0n) is 13.8. The lowest BCUT2D eigenvalue weighted by Gasteiger charge is -2.41. The largest absolute Gasteiger partial charge is 0.466 e. The SMILES string of the molecule is CCOC(=O)CCCNC(=O)OC1(C(C)(C)C)CCCC1. The number of nitrogens with one attached hydrogen (secondary N) is 1. The number of ether oxygens (including phenoxy) is 2. The summed E-state index contributed by atoms with van der Waals surface area (Å²) < 4.78 is 10.6. The standard InChI is InChI=1S/C16H29NO4/c1-5-20-13(18)9-8-12-17-14(19)21-16(15(2,3)4)10-6-7-11-16/h5-12H2,1-4H3,(H,17,19). The molecule has 0 bridgehead atoms. The van der Waals surface area contributed by atoms with Gasteiger partial charge in [-0.3, -0.25) is 4.79 Å². The van der Waals surface area contributed by atoms with Crippen LogP contribution in [0.15, 0.2) is 0 Å². The van der Waals surface area contributed by atoms with Crippen LogP contribution in [0.3, 0.4) is 0 Å². The molecule has 1 N–H and O–H groups in total. The fourth-order valence-electron chi connectivity index (χ4n) is 2.82. The molecule has 0 heterocycles. The molecular formula is C16H29NO4. The number of alkyl carbamates (subject to hydrolysis) is 1. The molecule has 122 valence electrons. The van der Waals surface area contributed by atoms with Gasteiger partial charge in [-0.05, 0) is 39.0 Å². The Labute approximate surface area is 127 Å². The highest BCUT2D eigenvalue weighted by Crippen LogP contribution is 2.46. The van der Waals surface area contributed by atoms with Crippen molar-refractivity contribution in [3.05, 3.63) is 0 Å². The molecule has 5 heteroatoms. The second-order valence-corrected chi connectivity index (χ2v) is 6.68. The number of hydrogen-bond acceptors (Lipinski definition) is 4. The summed E-state index contributed by atoms with van der Waals surface area (Å²) in [7, 11) is 0. The number of hydrogen-bond donors (Lipinski definition) is 1. The van der Waals surface area contributed by atoms with E-state index in [1.165, 1.54) is 0 Å². The lowest BCUT2D eigenvalue weighted by Crippen LogP contribution is -2.46. The minimum Gasteiger partial charge on any atom is -0.466 e. The highest BCUT2D eigenvalue weighted by molar-refractivity contribution is 5.70. The number of esters is 1. The zero-order valence-corrected chi connectivity index (χ0v) is 13.8. The molecule has 0 spiro atoms. The van der Waals surface area contributed by atoms with Crippen LogP contribution >= 0.6 is 0 Å². The van der Waals surface area contributed by atoms with Crippen LogP contribution < -0.4 is 5.32 Å². The number of carbonyl (C=O) groups is 2. The second kappa shape index (κ2) is 7.66. The van der Waals surface area contributed by atoms with Gasteiger partial charge in [0.25, 0.3) is 0 Å². The van der Waals surface area contributed by atoms with Gasteiger partial charge < -0.3 is 14.8 Å². The first-order chi connectivity index (χ1) is 9.81. The van der Waals surface area contributed by atoms with Crippen molar-refractivity contribution in [2.45, 2.75) is 71.8 Å². The number of carbonyl (C=O) groups excluding carboxylic acids is 2. The number of rotatable bonds is 6. The average Bonchev–Trinajstić information content (AvgIpc) is 2.84. The fraction of sp³-hybridized carbons (Fsp3) is 0.875. The zero-order chi connectivity index (χ0) is 15.9. The Morgan fingerprint density at radius 3 is 2.33 bits per heavy atom. The third kappa shape index (κ3) is 5.21. The summed E-state index contributed by atoms with van der Waals surface area (Å²) in [4.78, 5) is 23.2. The quantitative estimate of drug-likeness (QED) is 0.603. The normalized spacial score (nSPS) is 17.3. The van der Waals surface area contributed by atoms with E-state index in [0.717, 1.165) is 25.7 Å². The van der Waals surface area contributed by atoms with Crippen molar-refractivity contribution in [2.24, 2.45) is 5.41 Å². The molecule has 0 aromatic rings. The third-order valence-corrected chi connectivity index (χ3v) is 4.20. The van der Waals surface area contributed by atoms with E-state index in [0.29, 0.717) is 26.0 Å². The van der Waals surface area contributed by atoms with Crippen molar-refractivity contribution < 1.29 is 19.1 Å². The number of amides is 1. The first-order valence-electron chi connectivity index (χ1n) is 7.93. The van der Waals surface area contributed by atoms with Crippen LogP contribution in [0.4, 0.5) is 4.79 Å². The predicted molar refractivity (Wildman–Crippen MR) is 81.0 cm³/mol. The monoisotopic (exact) mass is 299 g/mol. The molecule has 0 unspecified atom stereocenters. The van der Waals surface area contributed by atoms with E-state index < -0.39 is 0 Å². The smallest absolute Gasteiger partial charge is 0.407 e. The Bertz CT molecular complexity index is 354. The van der Waals surface area contributed by atoms with Gasteiger partial charge >= 0.3 is 12.1 Å². The molecule has 1 aliphatic carbocycles. The van der Waals surface area contributed by atoms with Crippen molar-refractivity contribution in [1.29, 1.82) is 0 Å². The van der Waals surface area contributed by atoms with Gasteiger partial charge in [0.05, 0.1) is 6.61 Å². The van der Waals surface area contributed by atoms with E-state index in [-0.39, 0.29) is 23.1 Å². The van der Waals surface area contributed by atoms with Gasteiger partial charge in [-0.2, -0.15) is 0 Å². The summed E-state index contributed by atoms with van der Waals surface area (Å²) in [5.41, 5.74) is -0.427. The van der Waals surface area contributed by atoms with Crippen molar-refractivity contribution in [3.63, 3.8) is 0 Å². The predicted octanol–water partition coefficient (Wildman–Crippen LogP) is 3.41. The minimum absolute atomic E-state index is 0.0637. The summed E-state index contributed by atoms with van der Waals surface area (Å²) in [5, 5.41) is 2.73. The van der Waals surface area contributed by atoms with E-state index >= 15 is 0 Å². The van der Waals surface area contributed by atoms with Crippen LogP contribution in [0, 0.1) is 5.41 Å². The summed E-state index contributed by atoms with van der Waals surface area (Å²) in [5.74, 6) is -0.227. The summed E-state index contributed by atoms with van der Waals surface area (Å²) in [6, 6.07) is 0. The van der Waals surface area contributed by atoms with E-state index in [1.54, 1.807) is 6.92 Å². The molecule has 0 aromatic carbocycles. The Balaban J connectivity index is 2.34. The summed E-state index contributed by atoms with van der Waals surface area (Å²) in [6.07, 6.45) is 4.56. The molecule has 0 aromatic heterocycles. The lowest BCUT2D eigenvalue weighted by atomic mass is 9.75. The minimum atomic E-state index is -0.379. The second-order valence-electron chi connectivity index (χ2n) is 6.68. The van der Waals surface area contributed by atoms with Crippen molar-refractivity contribution in [1.82, 2.24) is 5.32 Å². The van der Waals surface area contributed by atoms with Crippen molar-refractivity contribution in [3.8, 4) is 0 Å². The van der Waals surface area contributed by atoms with Gasteiger partial charge in [0.1, 0.15) is 5.60 Å². The van der Waals surface area contributed by atoms with Gasteiger partial charge in [-0.25, -0.2) is 4.79 Å². The van der Waals surface area contributed by atoms with Crippen molar-refractivity contribution >= 4 is 12.1 Å². The average molecular weight is 299 g/mol. The summed E-state index contributed by atoms with van der Waals surface area (Å²) in [6.45, 7) is 8.95. The molecule has 1 aliphatic rings. The van der Waals surface area contributed by atoms with E-state index in [9.17, 15) is 9.59 Å². The molecule has 5 nitrogen and oxygen atoms in total. The van der Waals surface area contributed by atoms with E-state index in [1.807, 2.05) is 0 Å². The molecule has 0 aliphatic heterocycles. The lowest BCUT2D eigenvalue weighted by molar-refractivity contribution is -0.143. The molecule has 1 saturated carbocycles. The Morgan fingerprint density at radius 1 is 1.19 bits per heavy atom. The van der Waals surface area contributed by atoms with E-state index in [4.69, 9.17) is 9.47 Å². The Morgan fingerprint density at radius 2 is 1.81 bits per heavy atom. The molecule has 1 amide bonds. The highest BCUT2D eigenvalue weighted by Gasteiger charge is 2.47. The van der Waals surface area contributed by atoms with Gasteiger partial charge in [0, 0.05) is 18.4 Å². The molecule has 1 fully saturated rings. The van der Waals surface area contributed by atoms with Crippen molar-refractivity contribution in [2.75, 3.05) is 13.2 Å². The molecule has 1 rings (SSSR count). The van der Waals surface area contributed by atoms with E-state index in [2.05, 4.69) is 26.1 Å². The van der Waals surface area contributed by atoms with Crippen LogP contribution in [0.1, 0.15) is 66.2 Å². The van der Waals surface area contributed by atoms with Gasteiger partial charge in [-0.15, -0.1) is 0 Å². The molecular weight excluding hydrogens is 270 g/mol. The first kappa shape index (κ1) is 17.8. The fourth-order valence-corrected chi connectivity index (χ4v) is 2.82. The van der Waals surface area contributed by atoms with Crippen LogP contribution in [0.25, 0.3) is 0 Å². The van der Waals surface area contributed by atoms with Gasteiger partial charge in [0.15, 0.2) is 0 Å². The molecule has 0 saturated heterocycles. The maximum Gasteiger partial charge on any atom is 0.407 e.